The molecule has 0 spiro atoms. The maximum atomic E-state index is 6.46. The number of nitrogens with zero attached hydrogens (tertiary/aromatic N) is 3. The van der Waals surface area contributed by atoms with Crippen molar-refractivity contribution < 1.29 is 0 Å². The van der Waals surface area contributed by atoms with Gasteiger partial charge in [-0.3, -0.25) is 0 Å². The lowest BCUT2D eigenvalue weighted by molar-refractivity contribution is 0.384. The number of hydrogen-bond donors (Lipinski definition) is 2. The number of aromatic nitrogens is 3. The molecule has 0 fully saturated rings. The molecule has 1 unspecified atom stereocenters. The Labute approximate surface area is 103 Å². The summed E-state index contributed by atoms with van der Waals surface area (Å²) in [5.74, 6) is 0. The fourth-order valence-corrected chi connectivity index (χ4v) is 3.26. The van der Waals surface area contributed by atoms with Gasteiger partial charge in [0.15, 0.2) is 5.13 Å². The molecule has 17 heavy (non-hydrogen) atoms. The van der Waals surface area contributed by atoms with Gasteiger partial charge in [-0.15, -0.1) is 11.3 Å². The van der Waals surface area contributed by atoms with Gasteiger partial charge in [0.05, 0.1) is 5.69 Å². The molecule has 0 aromatic carbocycles. The van der Waals surface area contributed by atoms with E-state index < -0.39 is 0 Å². The highest BCUT2D eigenvalue weighted by molar-refractivity contribution is 7.15. The standard InChI is InChI=1S/C11H13N5S/c12-10-16-8-1-2-11(13,3-9(8)17-10)7-4-14-6-15-5-7/h4-6H,1-3,13H2,(H2,12,16). The van der Waals surface area contributed by atoms with Crippen molar-refractivity contribution in [1.29, 1.82) is 0 Å². The van der Waals surface area contributed by atoms with Gasteiger partial charge in [0.2, 0.25) is 0 Å². The van der Waals surface area contributed by atoms with E-state index in [0.717, 1.165) is 30.5 Å². The van der Waals surface area contributed by atoms with Crippen LogP contribution < -0.4 is 11.5 Å². The van der Waals surface area contributed by atoms with Crippen molar-refractivity contribution in [2.45, 2.75) is 24.8 Å². The van der Waals surface area contributed by atoms with Gasteiger partial charge >= 0.3 is 0 Å². The SMILES string of the molecule is Nc1nc2c(s1)CC(N)(c1cncnc1)CC2. The van der Waals surface area contributed by atoms with Gasteiger partial charge in [-0.2, -0.15) is 0 Å². The largest absolute Gasteiger partial charge is 0.375 e. The zero-order valence-electron chi connectivity index (χ0n) is 9.26. The Morgan fingerprint density at radius 1 is 1.29 bits per heavy atom. The number of anilines is 1. The second-order valence-corrected chi connectivity index (χ2v) is 5.50. The maximum Gasteiger partial charge on any atom is 0.180 e. The van der Waals surface area contributed by atoms with Crippen LogP contribution in [-0.4, -0.2) is 15.0 Å². The highest BCUT2D eigenvalue weighted by Gasteiger charge is 2.34. The average molecular weight is 247 g/mol. The number of fused-ring (bicyclic) bond motifs is 1. The Bertz CT molecular complexity index is 538. The molecule has 0 aliphatic heterocycles. The third-order valence-corrected chi connectivity index (χ3v) is 4.14. The Morgan fingerprint density at radius 2 is 2.06 bits per heavy atom. The molecule has 1 aliphatic carbocycles. The number of rotatable bonds is 1. The number of thiazole rings is 1. The zero-order valence-corrected chi connectivity index (χ0v) is 10.1. The number of nitrogen functional groups attached to an aromatic ring is 1. The summed E-state index contributed by atoms with van der Waals surface area (Å²) >= 11 is 1.53. The number of nitrogens with two attached hydrogens (primary N) is 2. The summed E-state index contributed by atoms with van der Waals surface area (Å²) in [7, 11) is 0. The number of aryl methyl sites for hydroxylation is 1. The van der Waals surface area contributed by atoms with Crippen LogP contribution in [0, 0.1) is 0 Å². The zero-order chi connectivity index (χ0) is 11.9. The van der Waals surface area contributed by atoms with Gasteiger partial charge in [-0.1, -0.05) is 0 Å². The fourth-order valence-electron chi connectivity index (χ4n) is 2.26. The van der Waals surface area contributed by atoms with Gasteiger partial charge in [0.1, 0.15) is 6.33 Å². The van der Waals surface area contributed by atoms with E-state index in [0.29, 0.717) is 5.13 Å². The minimum absolute atomic E-state index is 0.382. The van der Waals surface area contributed by atoms with E-state index in [-0.39, 0.29) is 5.54 Å². The second kappa shape index (κ2) is 3.75. The monoisotopic (exact) mass is 247 g/mol. The molecule has 4 N–H and O–H groups in total. The molecule has 0 saturated carbocycles. The van der Waals surface area contributed by atoms with Crippen molar-refractivity contribution in [3.8, 4) is 0 Å². The third kappa shape index (κ3) is 1.79. The lowest BCUT2D eigenvalue weighted by Gasteiger charge is -2.32. The van der Waals surface area contributed by atoms with Crippen molar-refractivity contribution >= 4 is 16.5 Å². The lowest BCUT2D eigenvalue weighted by Crippen LogP contribution is -2.42. The van der Waals surface area contributed by atoms with Crippen LogP contribution in [0.5, 0.6) is 0 Å². The van der Waals surface area contributed by atoms with Crippen LogP contribution in [0.2, 0.25) is 0 Å². The van der Waals surface area contributed by atoms with Crippen LogP contribution in [-0.2, 0) is 18.4 Å². The van der Waals surface area contributed by atoms with E-state index in [1.54, 1.807) is 12.4 Å². The number of hydrogen-bond acceptors (Lipinski definition) is 6. The smallest absolute Gasteiger partial charge is 0.180 e. The molecular formula is C11H13N5S. The first kappa shape index (κ1) is 10.6. The molecule has 1 aliphatic rings. The molecule has 0 radical (unpaired) electrons. The second-order valence-electron chi connectivity index (χ2n) is 4.38. The van der Waals surface area contributed by atoms with Crippen LogP contribution in [0.1, 0.15) is 22.6 Å². The van der Waals surface area contributed by atoms with E-state index in [1.165, 1.54) is 22.5 Å². The molecule has 0 amide bonds. The van der Waals surface area contributed by atoms with Gasteiger partial charge < -0.3 is 11.5 Å². The molecule has 2 aromatic heterocycles. The van der Waals surface area contributed by atoms with Gasteiger partial charge in [-0.05, 0) is 12.8 Å². The van der Waals surface area contributed by atoms with Crippen molar-refractivity contribution in [3.05, 3.63) is 34.9 Å². The van der Waals surface area contributed by atoms with E-state index in [4.69, 9.17) is 11.5 Å². The molecule has 1 atom stereocenters. The molecule has 2 heterocycles. The first-order valence-corrected chi connectivity index (χ1v) is 6.27. The maximum absolute atomic E-state index is 6.46. The van der Waals surface area contributed by atoms with E-state index in [1.807, 2.05) is 0 Å². The van der Waals surface area contributed by atoms with Crippen LogP contribution in [0.25, 0.3) is 0 Å². The normalized spacial score (nSPS) is 23.4. The first-order valence-electron chi connectivity index (χ1n) is 5.46. The third-order valence-electron chi connectivity index (χ3n) is 3.21. The summed E-state index contributed by atoms with van der Waals surface area (Å²) in [6, 6.07) is 0. The van der Waals surface area contributed by atoms with E-state index in [2.05, 4.69) is 15.0 Å². The molecular weight excluding hydrogens is 234 g/mol. The van der Waals surface area contributed by atoms with Crippen molar-refractivity contribution in [2.24, 2.45) is 5.73 Å². The van der Waals surface area contributed by atoms with Crippen LogP contribution in [0.15, 0.2) is 18.7 Å². The molecule has 3 rings (SSSR count). The highest BCUT2D eigenvalue weighted by atomic mass is 32.1. The average Bonchev–Trinajstić information content (AvgIpc) is 2.69. The first-order chi connectivity index (χ1) is 8.17. The lowest BCUT2D eigenvalue weighted by atomic mass is 9.80. The summed E-state index contributed by atoms with van der Waals surface area (Å²) in [5.41, 5.74) is 13.9. The van der Waals surface area contributed by atoms with Gasteiger partial charge in [0, 0.05) is 34.8 Å². The Morgan fingerprint density at radius 3 is 2.82 bits per heavy atom. The van der Waals surface area contributed by atoms with Crippen molar-refractivity contribution in [3.63, 3.8) is 0 Å². The Kier molecular flexibility index (Phi) is 2.34. The van der Waals surface area contributed by atoms with Crippen LogP contribution in [0.4, 0.5) is 5.13 Å². The van der Waals surface area contributed by atoms with Gasteiger partial charge in [-0.25, -0.2) is 15.0 Å². The molecule has 5 nitrogen and oxygen atoms in total. The van der Waals surface area contributed by atoms with Gasteiger partial charge in [0.25, 0.3) is 0 Å². The van der Waals surface area contributed by atoms with Crippen molar-refractivity contribution in [2.75, 3.05) is 5.73 Å². The minimum atomic E-state index is -0.382. The van der Waals surface area contributed by atoms with E-state index in [9.17, 15) is 0 Å². The van der Waals surface area contributed by atoms with Crippen LogP contribution in [0.3, 0.4) is 0 Å². The Hall–Kier alpha value is -1.53. The topological polar surface area (TPSA) is 90.7 Å². The predicted octanol–water partition coefficient (Wildman–Crippen LogP) is 0.858. The van der Waals surface area contributed by atoms with Crippen molar-refractivity contribution in [1.82, 2.24) is 15.0 Å². The molecule has 0 bridgehead atoms. The highest BCUT2D eigenvalue weighted by Crippen LogP contribution is 2.37. The summed E-state index contributed by atoms with van der Waals surface area (Å²) in [5, 5.41) is 0.628. The fraction of sp³-hybridized carbons (Fsp3) is 0.364. The summed E-state index contributed by atoms with van der Waals surface area (Å²) < 4.78 is 0. The minimum Gasteiger partial charge on any atom is -0.375 e. The quantitative estimate of drug-likeness (QED) is 0.780. The van der Waals surface area contributed by atoms with Crippen LogP contribution >= 0.6 is 11.3 Å². The molecule has 2 aromatic rings. The molecule has 6 heteroatoms. The Balaban J connectivity index is 1.97. The molecule has 0 saturated heterocycles. The summed E-state index contributed by atoms with van der Waals surface area (Å²) in [4.78, 5) is 13.6. The van der Waals surface area contributed by atoms with E-state index >= 15 is 0 Å². The predicted molar refractivity (Wildman–Crippen MR) is 66.4 cm³/mol. The summed E-state index contributed by atoms with van der Waals surface area (Å²) in [6.45, 7) is 0. The molecule has 88 valence electrons. The summed E-state index contributed by atoms with van der Waals surface area (Å²) in [6.07, 6.45) is 7.60.